The van der Waals surface area contributed by atoms with Gasteiger partial charge in [-0.25, -0.2) is 0 Å². The Labute approximate surface area is 239 Å². The molecule has 0 saturated carbocycles. The monoisotopic (exact) mass is 638 g/mol. The Morgan fingerprint density at radius 3 is 1.74 bits per heavy atom. The normalized spacial score (nSPS) is 13.6. The maximum absolute atomic E-state index is 11.5. The van der Waals surface area contributed by atoms with Crippen LogP contribution in [0.5, 0.6) is 5.75 Å². The Morgan fingerprint density at radius 1 is 0.816 bits per heavy atom. The van der Waals surface area contributed by atoms with Crippen molar-refractivity contribution < 1.29 is 5.11 Å². The van der Waals surface area contributed by atoms with E-state index in [9.17, 15) is 5.11 Å². The summed E-state index contributed by atoms with van der Waals surface area (Å²) in [5, 5.41) is 15.7. The van der Waals surface area contributed by atoms with Gasteiger partial charge in [0.1, 0.15) is 0 Å². The van der Waals surface area contributed by atoms with E-state index in [4.69, 9.17) is 0 Å². The molecule has 0 unspecified atom stereocenters. The summed E-state index contributed by atoms with van der Waals surface area (Å²) in [4.78, 5) is 0. The van der Waals surface area contributed by atoms with Crippen molar-refractivity contribution in [3.8, 4) is 5.75 Å². The summed E-state index contributed by atoms with van der Waals surface area (Å²) < 4.78 is 4.51. The van der Waals surface area contributed by atoms with Gasteiger partial charge in [-0.1, -0.05) is 0 Å². The van der Waals surface area contributed by atoms with Crippen LogP contribution in [-0.4, -0.2) is 5.11 Å². The zero-order chi connectivity index (χ0) is 28.1. The minimum absolute atomic E-state index is 0.00250. The summed E-state index contributed by atoms with van der Waals surface area (Å²) in [5.41, 5.74) is 3.23. The molecule has 0 bridgehead atoms. The summed E-state index contributed by atoms with van der Waals surface area (Å²) in [6, 6.07) is 26.3. The molecule has 0 aromatic heterocycles. The van der Waals surface area contributed by atoms with Crippen molar-refractivity contribution in [3.63, 3.8) is 0 Å². The van der Waals surface area contributed by atoms with E-state index in [1.54, 1.807) is 0 Å². The van der Waals surface area contributed by atoms with Gasteiger partial charge in [-0.15, -0.1) is 0 Å². The SMILES string of the molecule is C=CI(Cc1cc(C(C)(C)C)cc(C(C)(C)C)c1O)C(=C/C)/C(=C\C)P(c1ccccc1)c1ccccc1. The van der Waals surface area contributed by atoms with E-state index >= 15 is 0 Å². The molecule has 202 valence electrons. The first-order chi connectivity index (χ1) is 17.9. The molecule has 0 heterocycles. The molecule has 3 aromatic carbocycles. The molecule has 3 rings (SSSR count). The topological polar surface area (TPSA) is 20.2 Å². The van der Waals surface area contributed by atoms with Gasteiger partial charge in [0, 0.05) is 0 Å². The first-order valence-corrected chi connectivity index (χ1v) is 18.5. The predicted molar refractivity (Wildman–Crippen MR) is 180 cm³/mol. The van der Waals surface area contributed by atoms with Crippen LogP contribution < -0.4 is 10.6 Å². The Kier molecular flexibility index (Phi) is 10.2. The van der Waals surface area contributed by atoms with Gasteiger partial charge in [-0.3, -0.25) is 0 Å². The minimum atomic E-state index is -1.92. The van der Waals surface area contributed by atoms with Crippen LogP contribution in [-0.2, 0) is 15.3 Å². The molecule has 0 atom stereocenters. The van der Waals surface area contributed by atoms with Gasteiger partial charge in [0.05, 0.1) is 0 Å². The Morgan fingerprint density at radius 2 is 1.34 bits per heavy atom. The van der Waals surface area contributed by atoms with Gasteiger partial charge in [-0.2, -0.15) is 0 Å². The number of phenolic OH excluding ortho intramolecular Hbond substituents is 1. The van der Waals surface area contributed by atoms with Crippen molar-refractivity contribution in [2.45, 2.75) is 70.6 Å². The van der Waals surface area contributed by atoms with E-state index in [1.165, 1.54) is 25.1 Å². The van der Waals surface area contributed by atoms with Crippen molar-refractivity contribution >= 4 is 38.3 Å². The first kappa shape index (κ1) is 30.4. The number of allylic oxidation sites excluding steroid dienone is 4. The van der Waals surface area contributed by atoms with Crippen molar-refractivity contribution in [2.24, 2.45) is 0 Å². The number of alkyl halides is 1. The average Bonchev–Trinajstić information content (AvgIpc) is 2.88. The zero-order valence-corrected chi connectivity index (χ0v) is 27.4. The summed E-state index contributed by atoms with van der Waals surface area (Å²) in [5.74, 6) is 0.459. The van der Waals surface area contributed by atoms with Gasteiger partial charge in [-0.05, 0) is 0 Å². The number of hydrogen-bond donors (Lipinski definition) is 1. The van der Waals surface area contributed by atoms with Crippen molar-refractivity contribution in [1.82, 2.24) is 0 Å². The summed E-state index contributed by atoms with van der Waals surface area (Å²) in [7, 11) is -0.708. The second-order valence-electron chi connectivity index (χ2n) is 11.5. The number of rotatable bonds is 8. The third-order valence-corrected chi connectivity index (χ3v) is 15.1. The van der Waals surface area contributed by atoms with E-state index in [2.05, 4.69) is 151 Å². The van der Waals surface area contributed by atoms with E-state index in [0.717, 1.165) is 15.6 Å². The number of benzene rings is 3. The fourth-order valence-electron chi connectivity index (χ4n) is 4.53. The molecule has 0 amide bonds. The van der Waals surface area contributed by atoms with Gasteiger partial charge in [0.25, 0.3) is 0 Å². The molecule has 0 saturated heterocycles. The van der Waals surface area contributed by atoms with Crippen LogP contribution in [0.3, 0.4) is 0 Å². The van der Waals surface area contributed by atoms with Crippen molar-refractivity contribution in [3.05, 3.63) is 121 Å². The third-order valence-electron chi connectivity index (χ3n) is 6.64. The Balaban J connectivity index is 2.13. The standard InChI is InChI=1S/C35H44IOP/c1-10-31(32(11-2)38(28-19-15-13-16-20-28)29-21-17-14-18-22-29)36(12-3)25-26-23-27(34(4,5)6)24-30(33(26)37)35(7,8)9/h10-24,37H,3,25H2,1-2,4-9H3/b31-10+,32-11+. The van der Waals surface area contributed by atoms with Gasteiger partial charge in [0.15, 0.2) is 0 Å². The molecule has 0 aliphatic heterocycles. The summed E-state index contributed by atoms with van der Waals surface area (Å²) in [6.07, 6.45) is 4.64. The van der Waals surface area contributed by atoms with Crippen LogP contribution in [0.15, 0.2) is 105 Å². The molecule has 0 spiro atoms. The number of aromatic hydroxyl groups is 1. The molecule has 1 N–H and O–H groups in total. The molecule has 3 aromatic rings. The Bertz CT molecular complexity index is 1250. The summed E-state index contributed by atoms with van der Waals surface area (Å²) in [6.45, 7) is 22.0. The van der Waals surface area contributed by atoms with Crippen LogP contribution >= 0.6 is 27.7 Å². The fraction of sp³-hybridized carbons (Fsp3) is 0.314. The molecule has 1 nitrogen and oxygen atoms in total. The van der Waals surface area contributed by atoms with Gasteiger partial charge in [0.2, 0.25) is 0 Å². The van der Waals surface area contributed by atoms with E-state index in [-0.39, 0.29) is 10.8 Å². The summed E-state index contributed by atoms with van der Waals surface area (Å²) >= 11 is -1.92. The van der Waals surface area contributed by atoms with Gasteiger partial charge < -0.3 is 0 Å². The third kappa shape index (κ3) is 7.07. The van der Waals surface area contributed by atoms with Crippen LogP contribution in [0.25, 0.3) is 0 Å². The van der Waals surface area contributed by atoms with Crippen molar-refractivity contribution in [1.29, 1.82) is 0 Å². The molecular weight excluding hydrogens is 594 g/mol. The molecule has 38 heavy (non-hydrogen) atoms. The van der Waals surface area contributed by atoms with Crippen LogP contribution in [0, 0.1) is 0 Å². The number of hydrogen-bond acceptors (Lipinski definition) is 1. The van der Waals surface area contributed by atoms with Crippen molar-refractivity contribution in [2.75, 3.05) is 0 Å². The molecule has 0 aliphatic rings. The van der Waals surface area contributed by atoms with Gasteiger partial charge >= 0.3 is 241 Å². The Hall–Kier alpha value is -2.16. The zero-order valence-electron chi connectivity index (χ0n) is 24.3. The van der Waals surface area contributed by atoms with E-state index in [1.807, 2.05) is 0 Å². The number of phenols is 1. The molecule has 0 radical (unpaired) electrons. The molecule has 0 fully saturated rings. The van der Waals surface area contributed by atoms with Crippen LogP contribution in [0.2, 0.25) is 0 Å². The first-order valence-electron chi connectivity index (χ1n) is 13.3. The molecule has 3 heteroatoms. The van der Waals surface area contributed by atoms with E-state index < -0.39 is 27.7 Å². The number of halogens is 1. The fourth-order valence-corrected chi connectivity index (χ4v) is 12.9. The molecular formula is C35H44IOP. The van der Waals surface area contributed by atoms with Crippen LogP contribution in [0.4, 0.5) is 0 Å². The average molecular weight is 639 g/mol. The second kappa shape index (κ2) is 12.8. The van der Waals surface area contributed by atoms with Crippen LogP contribution in [0.1, 0.15) is 72.1 Å². The maximum atomic E-state index is 11.5. The quantitative estimate of drug-likeness (QED) is 0.113. The second-order valence-corrected chi connectivity index (χ2v) is 18.8. The molecule has 0 aliphatic carbocycles. The van der Waals surface area contributed by atoms with E-state index in [0.29, 0.717) is 5.75 Å². The predicted octanol–water partition coefficient (Wildman–Crippen LogP) is 10.1.